The Morgan fingerprint density at radius 1 is 1.00 bits per heavy atom. The molecule has 0 N–H and O–H groups in total. The van der Waals surface area contributed by atoms with Gasteiger partial charge in [-0.15, -0.1) is 10.2 Å². The molecule has 2 heterocycles. The lowest BCUT2D eigenvalue weighted by atomic mass is 10.1. The molecule has 1 aliphatic rings. The molecular formula is C20H20N4OS. The van der Waals surface area contributed by atoms with Crippen molar-refractivity contribution in [3.8, 4) is 5.69 Å². The van der Waals surface area contributed by atoms with Crippen molar-refractivity contribution in [2.24, 2.45) is 0 Å². The Balaban J connectivity index is 1.41. The van der Waals surface area contributed by atoms with E-state index in [0.29, 0.717) is 0 Å². The van der Waals surface area contributed by atoms with Crippen LogP contribution in [0.25, 0.3) is 5.69 Å². The quantitative estimate of drug-likeness (QED) is 0.646. The molecule has 1 saturated heterocycles. The highest BCUT2D eigenvalue weighted by atomic mass is 32.2. The fourth-order valence-corrected chi connectivity index (χ4v) is 3.97. The van der Waals surface area contributed by atoms with E-state index in [1.54, 1.807) is 18.1 Å². The van der Waals surface area contributed by atoms with E-state index in [4.69, 9.17) is 0 Å². The van der Waals surface area contributed by atoms with Gasteiger partial charge in [-0.25, -0.2) is 0 Å². The Labute approximate surface area is 157 Å². The molecule has 1 aromatic heterocycles. The van der Waals surface area contributed by atoms with Gasteiger partial charge >= 0.3 is 0 Å². The summed E-state index contributed by atoms with van der Waals surface area (Å²) in [6.45, 7) is 1.76. The van der Waals surface area contributed by atoms with Crippen molar-refractivity contribution in [1.29, 1.82) is 0 Å². The van der Waals surface area contributed by atoms with Crippen LogP contribution in [-0.2, 0) is 5.75 Å². The van der Waals surface area contributed by atoms with Gasteiger partial charge in [0.1, 0.15) is 6.33 Å². The van der Waals surface area contributed by atoms with Gasteiger partial charge in [-0.1, -0.05) is 42.1 Å². The first-order valence-corrected chi connectivity index (χ1v) is 9.76. The molecule has 3 aromatic rings. The lowest BCUT2D eigenvalue weighted by Gasteiger charge is -2.15. The summed E-state index contributed by atoms with van der Waals surface area (Å²) in [7, 11) is 0. The van der Waals surface area contributed by atoms with Crippen molar-refractivity contribution < 1.29 is 4.79 Å². The first kappa shape index (κ1) is 16.8. The molecule has 0 saturated carbocycles. The Bertz CT molecular complexity index is 870. The SMILES string of the molecule is O=C(c1ccc(CSc2nncn2-c2ccccc2)cc1)N1CCCC1. The number of benzene rings is 2. The maximum absolute atomic E-state index is 12.4. The average molecular weight is 364 g/mol. The Morgan fingerprint density at radius 2 is 1.73 bits per heavy atom. The summed E-state index contributed by atoms with van der Waals surface area (Å²) in [5, 5.41) is 9.11. The summed E-state index contributed by atoms with van der Waals surface area (Å²) in [5.74, 6) is 0.925. The first-order chi connectivity index (χ1) is 12.8. The van der Waals surface area contributed by atoms with E-state index in [1.165, 1.54) is 0 Å². The third kappa shape index (κ3) is 3.65. The number of nitrogens with zero attached hydrogens (tertiary/aromatic N) is 4. The molecule has 0 unspecified atom stereocenters. The standard InChI is InChI=1S/C20H20N4OS/c25-19(23-12-4-5-13-23)17-10-8-16(9-11-17)14-26-20-22-21-15-24(20)18-6-2-1-3-7-18/h1-3,6-11,15H,4-5,12-14H2. The van der Waals surface area contributed by atoms with Crippen LogP contribution >= 0.6 is 11.8 Å². The zero-order chi connectivity index (χ0) is 17.8. The fourth-order valence-electron chi connectivity index (χ4n) is 3.08. The van der Waals surface area contributed by atoms with Crippen molar-refractivity contribution in [3.05, 3.63) is 72.1 Å². The van der Waals surface area contributed by atoms with Crippen LogP contribution in [0.15, 0.2) is 66.1 Å². The zero-order valence-corrected chi connectivity index (χ0v) is 15.2. The molecule has 0 atom stereocenters. The highest BCUT2D eigenvalue weighted by Crippen LogP contribution is 2.24. The highest BCUT2D eigenvalue weighted by molar-refractivity contribution is 7.98. The fraction of sp³-hybridized carbons (Fsp3) is 0.250. The van der Waals surface area contributed by atoms with Crippen LogP contribution in [0.1, 0.15) is 28.8 Å². The third-order valence-corrected chi connectivity index (χ3v) is 5.53. The molecule has 132 valence electrons. The van der Waals surface area contributed by atoms with E-state index in [-0.39, 0.29) is 5.91 Å². The number of hydrogen-bond acceptors (Lipinski definition) is 4. The number of amides is 1. The number of para-hydroxylation sites is 1. The van der Waals surface area contributed by atoms with E-state index in [2.05, 4.69) is 10.2 Å². The summed E-state index contributed by atoms with van der Waals surface area (Å²) in [6.07, 6.45) is 3.96. The summed E-state index contributed by atoms with van der Waals surface area (Å²) in [5.41, 5.74) is 2.98. The molecule has 1 aliphatic heterocycles. The Kier molecular flexibility index (Phi) is 5.02. The summed E-state index contributed by atoms with van der Waals surface area (Å²) in [6, 6.07) is 18.0. The molecule has 0 spiro atoms. The molecule has 0 radical (unpaired) electrons. The zero-order valence-electron chi connectivity index (χ0n) is 14.4. The van der Waals surface area contributed by atoms with Crippen molar-refractivity contribution in [3.63, 3.8) is 0 Å². The molecule has 6 heteroatoms. The topological polar surface area (TPSA) is 51.0 Å². The van der Waals surface area contributed by atoms with Gasteiger partial charge in [-0.2, -0.15) is 0 Å². The second-order valence-corrected chi connectivity index (χ2v) is 7.25. The number of hydrogen-bond donors (Lipinski definition) is 0. The highest BCUT2D eigenvalue weighted by Gasteiger charge is 2.19. The van der Waals surface area contributed by atoms with Crippen LogP contribution in [0, 0.1) is 0 Å². The number of thioether (sulfide) groups is 1. The molecule has 2 aromatic carbocycles. The maximum atomic E-state index is 12.4. The lowest BCUT2D eigenvalue weighted by molar-refractivity contribution is 0.0793. The minimum Gasteiger partial charge on any atom is -0.339 e. The Hall–Kier alpha value is -2.60. The molecule has 1 fully saturated rings. The number of carbonyl (C=O) groups excluding carboxylic acids is 1. The molecule has 5 nitrogen and oxygen atoms in total. The van der Waals surface area contributed by atoms with Gasteiger partial charge < -0.3 is 4.90 Å². The van der Waals surface area contributed by atoms with E-state index < -0.39 is 0 Å². The van der Waals surface area contributed by atoms with Crippen molar-refractivity contribution in [2.75, 3.05) is 13.1 Å². The molecular weight excluding hydrogens is 344 g/mol. The van der Waals surface area contributed by atoms with Crippen LogP contribution in [0.2, 0.25) is 0 Å². The van der Waals surface area contributed by atoms with Crippen molar-refractivity contribution in [1.82, 2.24) is 19.7 Å². The number of aromatic nitrogens is 3. The number of rotatable bonds is 5. The minimum atomic E-state index is 0.144. The van der Waals surface area contributed by atoms with Gasteiger partial charge in [-0.05, 0) is 42.7 Å². The average Bonchev–Trinajstić information content (AvgIpc) is 3.39. The molecule has 0 aliphatic carbocycles. The van der Waals surface area contributed by atoms with Crippen LogP contribution in [0.5, 0.6) is 0 Å². The van der Waals surface area contributed by atoms with Gasteiger partial charge in [0, 0.05) is 30.1 Å². The first-order valence-electron chi connectivity index (χ1n) is 8.78. The predicted molar refractivity (Wildman–Crippen MR) is 102 cm³/mol. The molecule has 1 amide bonds. The second-order valence-electron chi connectivity index (χ2n) is 6.30. The molecule has 0 bridgehead atoms. The van der Waals surface area contributed by atoms with Gasteiger partial charge in [0.05, 0.1) is 0 Å². The number of likely N-dealkylation sites (tertiary alicyclic amines) is 1. The van der Waals surface area contributed by atoms with Gasteiger partial charge in [0.2, 0.25) is 0 Å². The van der Waals surface area contributed by atoms with Crippen LogP contribution in [0.3, 0.4) is 0 Å². The monoisotopic (exact) mass is 364 g/mol. The summed E-state index contributed by atoms with van der Waals surface area (Å²) < 4.78 is 1.98. The Morgan fingerprint density at radius 3 is 2.46 bits per heavy atom. The lowest BCUT2D eigenvalue weighted by Crippen LogP contribution is -2.27. The molecule has 26 heavy (non-hydrogen) atoms. The molecule has 4 rings (SSSR count). The maximum Gasteiger partial charge on any atom is 0.253 e. The third-order valence-electron chi connectivity index (χ3n) is 4.51. The minimum absolute atomic E-state index is 0.144. The van der Waals surface area contributed by atoms with Gasteiger partial charge in [0.15, 0.2) is 5.16 Å². The van der Waals surface area contributed by atoms with Crippen LogP contribution in [0.4, 0.5) is 0 Å². The number of carbonyl (C=O) groups is 1. The largest absolute Gasteiger partial charge is 0.339 e. The van der Waals surface area contributed by atoms with Gasteiger partial charge in [0.25, 0.3) is 5.91 Å². The van der Waals surface area contributed by atoms with Crippen LogP contribution < -0.4 is 0 Å². The predicted octanol–water partition coefficient (Wildman–Crippen LogP) is 3.80. The van der Waals surface area contributed by atoms with Gasteiger partial charge in [-0.3, -0.25) is 9.36 Å². The summed E-state index contributed by atoms with van der Waals surface area (Å²) in [4.78, 5) is 14.3. The normalized spacial score (nSPS) is 13.9. The second kappa shape index (κ2) is 7.74. The van der Waals surface area contributed by atoms with Crippen molar-refractivity contribution >= 4 is 17.7 Å². The van der Waals surface area contributed by atoms with E-state index in [1.807, 2.05) is 64.1 Å². The van der Waals surface area contributed by atoms with Crippen LogP contribution in [-0.4, -0.2) is 38.7 Å². The summed E-state index contributed by atoms with van der Waals surface area (Å²) >= 11 is 1.64. The van der Waals surface area contributed by atoms with E-state index >= 15 is 0 Å². The van der Waals surface area contributed by atoms with Crippen molar-refractivity contribution in [2.45, 2.75) is 23.8 Å². The van der Waals surface area contributed by atoms with E-state index in [0.717, 1.165) is 53.7 Å². The smallest absolute Gasteiger partial charge is 0.253 e. The van der Waals surface area contributed by atoms with E-state index in [9.17, 15) is 4.79 Å².